The third-order valence-corrected chi connectivity index (χ3v) is 2.27. The Morgan fingerprint density at radius 3 is 2.77 bits per heavy atom. The Labute approximate surface area is 79.3 Å². The number of hydrogen-bond acceptors (Lipinski definition) is 4. The zero-order chi connectivity index (χ0) is 9.84. The van der Waals surface area contributed by atoms with Crippen molar-refractivity contribution in [2.24, 2.45) is 0 Å². The fraction of sp³-hybridized carbons (Fsp3) is 0.125. The number of nitro groups is 1. The van der Waals surface area contributed by atoms with Crippen molar-refractivity contribution in [3.63, 3.8) is 0 Å². The molecular weight excluding hydrogens is 188 g/mol. The molecule has 0 unspecified atom stereocenters. The van der Waals surface area contributed by atoms with Crippen molar-refractivity contribution < 1.29 is 4.92 Å². The van der Waals surface area contributed by atoms with E-state index in [0.717, 1.165) is 0 Å². The lowest BCUT2D eigenvalue weighted by Crippen LogP contribution is -1.90. The largest absolute Gasteiger partial charge is 0.282 e. The molecule has 0 saturated heterocycles. The minimum atomic E-state index is -0.451. The highest BCUT2D eigenvalue weighted by atomic mass is 32.2. The van der Waals surface area contributed by atoms with Crippen molar-refractivity contribution in [2.75, 3.05) is 6.26 Å². The van der Waals surface area contributed by atoms with Crippen molar-refractivity contribution in [1.29, 1.82) is 5.26 Å². The average Bonchev–Trinajstić information content (AvgIpc) is 2.16. The number of hydrogen-bond donors (Lipinski definition) is 0. The second-order valence-electron chi connectivity index (χ2n) is 2.26. The van der Waals surface area contributed by atoms with Crippen molar-refractivity contribution in [2.45, 2.75) is 4.90 Å². The molecule has 0 aromatic heterocycles. The number of rotatable bonds is 2. The quantitative estimate of drug-likeness (QED) is 0.411. The molecule has 0 aliphatic heterocycles. The van der Waals surface area contributed by atoms with Crippen LogP contribution in [0.25, 0.3) is 0 Å². The first-order valence-corrected chi connectivity index (χ1v) is 4.64. The van der Waals surface area contributed by atoms with E-state index >= 15 is 0 Å². The first-order valence-electron chi connectivity index (χ1n) is 3.41. The normalized spacial score (nSPS) is 9.23. The Hall–Kier alpha value is -1.54. The first kappa shape index (κ1) is 9.55. The second kappa shape index (κ2) is 3.92. The van der Waals surface area contributed by atoms with Gasteiger partial charge in [-0.15, -0.1) is 11.8 Å². The fourth-order valence-corrected chi connectivity index (χ4v) is 1.49. The molecule has 0 aliphatic carbocycles. The molecule has 0 heterocycles. The maximum atomic E-state index is 10.5. The Bertz CT molecular complexity index is 384. The summed E-state index contributed by atoms with van der Waals surface area (Å²) in [5.74, 6) is 0. The standard InChI is InChI=1S/C8H6N2O2S/c1-13-8-4-6(5-9)2-3-7(8)10(11)12/h2-4H,1H3. The smallest absolute Gasteiger partial charge is 0.258 e. The van der Waals surface area contributed by atoms with E-state index in [1.165, 1.54) is 30.0 Å². The minimum absolute atomic E-state index is 0.0477. The van der Waals surface area contributed by atoms with Crippen molar-refractivity contribution in [1.82, 2.24) is 0 Å². The Morgan fingerprint density at radius 1 is 1.62 bits per heavy atom. The molecular formula is C8H6N2O2S. The molecule has 0 N–H and O–H groups in total. The third-order valence-electron chi connectivity index (χ3n) is 1.51. The Balaban J connectivity index is 3.25. The van der Waals surface area contributed by atoms with E-state index in [2.05, 4.69) is 0 Å². The highest BCUT2D eigenvalue weighted by molar-refractivity contribution is 7.98. The highest BCUT2D eigenvalue weighted by Crippen LogP contribution is 2.27. The summed E-state index contributed by atoms with van der Waals surface area (Å²) >= 11 is 1.26. The number of benzene rings is 1. The van der Waals surface area contributed by atoms with E-state index in [4.69, 9.17) is 5.26 Å². The molecule has 0 aliphatic rings. The summed E-state index contributed by atoms with van der Waals surface area (Å²) < 4.78 is 0. The van der Waals surface area contributed by atoms with Gasteiger partial charge < -0.3 is 0 Å². The molecule has 0 radical (unpaired) electrons. The summed E-state index contributed by atoms with van der Waals surface area (Å²) in [5.41, 5.74) is 0.487. The van der Waals surface area contributed by atoms with Crippen LogP contribution in [0.4, 0.5) is 5.69 Å². The summed E-state index contributed by atoms with van der Waals surface area (Å²) in [6, 6.07) is 6.24. The van der Waals surface area contributed by atoms with Crippen molar-refractivity contribution in [3.8, 4) is 6.07 Å². The molecule has 1 aromatic carbocycles. The number of thioether (sulfide) groups is 1. The van der Waals surface area contributed by atoms with E-state index in [-0.39, 0.29) is 5.69 Å². The number of nitro benzene ring substituents is 1. The third kappa shape index (κ3) is 1.98. The van der Waals surface area contributed by atoms with E-state index in [1.807, 2.05) is 6.07 Å². The van der Waals surface area contributed by atoms with Crippen LogP contribution in [0.15, 0.2) is 23.1 Å². The van der Waals surface area contributed by atoms with Gasteiger partial charge in [-0.1, -0.05) is 0 Å². The van der Waals surface area contributed by atoms with Gasteiger partial charge in [0.2, 0.25) is 0 Å². The molecule has 0 amide bonds. The van der Waals surface area contributed by atoms with Crippen LogP contribution in [0.1, 0.15) is 5.56 Å². The van der Waals surface area contributed by atoms with Gasteiger partial charge >= 0.3 is 0 Å². The molecule has 0 atom stereocenters. The lowest BCUT2D eigenvalue weighted by molar-refractivity contribution is -0.387. The summed E-state index contributed by atoms with van der Waals surface area (Å²) in [6.45, 7) is 0. The van der Waals surface area contributed by atoms with Crippen LogP contribution in [-0.2, 0) is 0 Å². The average molecular weight is 194 g/mol. The van der Waals surface area contributed by atoms with E-state index in [9.17, 15) is 10.1 Å². The molecule has 13 heavy (non-hydrogen) atoms. The van der Waals surface area contributed by atoms with Crippen molar-refractivity contribution >= 4 is 17.4 Å². The summed E-state index contributed by atoms with van der Waals surface area (Å²) in [4.78, 5) is 10.6. The van der Waals surface area contributed by atoms with Gasteiger partial charge in [-0.05, 0) is 18.4 Å². The molecule has 1 aromatic rings. The monoisotopic (exact) mass is 194 g/mol. The lowest BCUT2D eigenvalue weighted by Gasteiger charge is -1.98. The summed E-state index contributed by atoms with van der Waals surface area (Å²) in [5, 5.41) is 19.0. The fourth-order valence-electron chi connectivity index (χ4n) is 0.898. The Kier molecular flexibility index (Phi) is 2.88. The van der Waals surface area contributed by atoms with Crippen LogP contribution >= 0.6 is 11.8 Å². The van der Waals surface area contributed by atoms with Crippen LogP contribution in [0.5, 0.6) is 0 Å². The maximum Gasteiger partial charge on any atom is 0.282 e. The zero-order valence-corrected chi connectivity index (χ0v) is 7.67. The van der Waals surface area contributed by atoms with E-state index < -0.39 is 4.92 Å². The minimum Gasteiger partial charge on any atom is -0.258 e. The molecule has 0 spiro atoms. The molecule has 0 fully saturated rings. The van der Waals surface area contributed by atoms with Gasteiger partial charge in [0.25, 0.3) is 5.69 Å². The lowest BCUT2D eigenvalue weighted by atomic mass is 10.2. The van der Waals surface area contributed by atoms with Crippen LogP contribution in [-0.4, -0.2) is 11.2 Å². The Morgan fingerprint density at radius 2 is 2.31 bits per heavy atom. The van der Waals surface area contributed by atoms with E-state index in [1.54, 1.807) is 6.26 Å². The van der Waals surface area contributed by atoms with Crippen LogP contribution in [0.3, 0.4) is 0 Å². The van der Waals surface area contributed by atoms with Crippen LogP contribution in [0, 0.1) is 21.4 Å². The molecule has 5 heteroatoms. The first-order chi connectivity index (χ1) is 6.19. The van der Waals surface area contributed by atoms with Gasteiger partial charge in [-0.25, -0.2) is 0 Å². The summed E-state index contributed by atoms with van der Waals surface area (Å²) in [6.07, 6.45) is 1.74. The maximum absolute atomic E-state index is 10.5. The molecule has 1 rings (SSSR count). The topological polar surface area (TPSA) is 66.9 Å². The van der Waals surface area contributed by atoms with Gasteiger partial charge in [0.1, 0.15) is 0 Å². The molecule has 0 saturated carbocycles. The summed E-state index contributed by atoms with van der Waals surface area (Å²) in [7, 11) is 0. The van der Waals surface area contributed by atoms with Crippen LogP contribution < -0.4 is 0 Å². The van der Waals surface area contributed by atoms with Gasteiger partial charge in [0.15, 0.2) is 0 Å². The van der Waals surface area contributed by atoms with Crippen molar-refractivity contribution in [3.05, 3.63) is 33.9 Å². The van der Waals surface area contributed by atoms with Crippen LogP contribution in [0.2, 0.25) is 0 Å². The number of nitrogens with zero attached hydrogens (tertiary/aromatic N) is 2. The van der Waals surface area contributed by atoms with E-state index in [0.29, 0.717) is 10.5 Å². The molecule has 4 nitrogen and oxygen atoms in total. The number of nitriles is 1. The zero-order valence-electron chi connectivity index (χ0n) is 6.85. The second-order valence-corrected chi connectivity index (χ2v) is 3.10. The SMILES string of the molecule is CSc1cc(C#N)ccc1[N+](=O)[O-]. The van der Waals surface area contributed by atoms with Gasteiger partial charge in [0, 0.05) is 6.07 Å². The predicted octanol–water partition coefficient (Wildman–Crippen LogP) is 2.19. The highest BCUT2D eigenvalue weighted by Gasteiger charge is 2.12. The van der Waals surface area contributed by atoms with Gasteiger partial charge in [0.05, 0.1) is 21.5 Å². The molecule has 66 valence electrons. The predicted molar refractivity (Wildman–Crippen MR) is 49.6 cm³/mol. The van der Waals surface area contributed by atoms with Gasteiger partial charge in [-0.3, -0.25) is 10.1 Å². The molecule has 0 bridgehead atoms. The van der Waals surface area contributed by atoms with Gasteiger partial charge in [-0.2, -0.15) is 5.26 Å².